The third-order valence-electron chi connectivity index (χ3n) is 3.91. The lowest BCUT2D eigenvalue weighted by Crippen LogP contribution is -2.25. The Kier molecular flexibility index (Phi) is 5.21. The molecule has 0 unspecified atom stereocenters. The van der Waals surface area contributed by atoms with Crippen LogP contribution in [0.3, 0.4) is 0 Å². The van der Waals surface area contributed by atoms with Crippen LogP contribution in [0.25, 0.3) is 10.2 Å². The molecule has 134 valence electrons. The average Bonchev–Trinajstić information content (AvgIpc) is 3.15. The maximum Gasteiger partial charge on any atom is 0.240 e. The quantitative estimate of drug-likeness (QED) is 0.640. The summed E-state index contributed by atoms with van der Waals surface area (Å²) in [6.07, 6.45) is 4.42. The molecule has 0 fully saturated rings. The Labute approximate surface area is 152 Å². The van der Waals surface area contributed by atoms with E-state index < -0.39 is 10.0 Å². The summed E-state index contributed by atoms with van der Waals surface area (Å²) in [5.74, 6) is 1.37. The number of sulfonamides is 1. The van der Waals surface area contributed by atoms with Crippen molar-refractivity contribution in [1.29, 1.82) is 0 Å². The second-order valence-corrected chi connectivity index (χ2v) is 9.25. The van der Waals surface area contributed by atoms with Crippen molar-refractivity contribution in [2.24, 2.45) is 0 Å². The molecule has 1 N–H and O–H groups in total. The van der Waals surface area contributed by atoms with Gasteiger partial charge in [-0.3, -0.25) is 0 Å². The summed E-state index contributed by atoms with van der Waals surface area (Å²) in [5.41, 5.74) is 0.836. The Morgan fingerprint density at radius 1 is 1.32 bits per heavy atom. The minimum Gasteiger partial charge on any atom is -0.335 e. The molecule has 0 radical (unpaired) electrons. The molecule has 0 bridgehead atoms. The first-order valence-electron chi connectivity index (χ1n) is 8.25. The Morgan fingerprint density at radius 2 is 2.12 bits per heavy atom. The highest BCUT2D eigenvalue weighted by molar-refractivity contribution is 7.89. The molecule has 25 heavy (non-hydrogen) atoms. The molecule has 0 atom stereocenters. The van der Waals surface area contributed by atoms with Crippen LogP contribution in [0.4, 0.5) is 0 Å². The van der Waals surface area contributed by atoms with E-state index in [-0.39, 0.29) is 4.90 Å². The van der Waals surface area contributed by atoms with Crippen LogP contribution in [0.5, 0.6) is 0 Å². The smallest absolute Gasteiger partial charge is 0.240 e. The van der Waals surface area contributed by atoms with Crippen molar-refractivity contribution in [3.63, 3.8) is 0 Å². The second-order valence-electron chi connectivity index (χ2n) is 6.25. The van der Waals surface area contributed by atoms with E-state index in [0.29, 0.717) is 18.9 Å². The van der Waals surface area contributed by atoms with Crippen LogP contribution in [0.15, 0.2) is 35.5 Å². The minimum absolute atomic E-state index is 0.286. The summed E-state index contributed by atoms with van der Waals surface area (Å²) in [7, 11) is -3.51. The van der Waals surface area contributed by atoms with Gasteiger partial charge >= 0.3 is 0 Å². The highest BCUT2D eigenvalue weighted by Crippen LogP contribution is 2.24. The largest absolute Gasteiger partial charge is 0.335 e. The van der Waals surface area contributed by atoms with E-state index in [1.54, 1.807) is 24.4 Å². The molecule has 0 aliphatic rings. The van der Waals surface area contributed by atoms with Gasteiger partial charge in [-0.25, -0.2) is 23.1 Å². The van der Waals surface area contributed by atoms with Crippen molar-refractivity contribution in [3.05, 3.63) is 41.4 Å². The molecule has 1 aromatic carbocycles. The zero-order valence-corrected chi connectivity index (χ0v) is 16.2. The van der Waals surface area contributed by atoms with E-state index in [1.807, 2.05) is 13.1 Å². The predicted octanol–water partition coefficient (Wildman–Crippen LogP) is 3.29. The first-order valence-corrected chi connectivity index (χ1v) is 10.5. The summed E-state index contributed by atoms with van der Waals surface area (Å²) in [5, 5.41) is 0.929. The zero-order valence-electron chi connectivity index (χ0n) is 14.6. The van der Waals surface area contributed by atoms with E-state index >= 15 is 0 Å². The van der Waals surface area contributed by atoms with Gasteiger partial charge in [-0.2, -0.15) is 0 Å². The summed E-state index contributed by atoms with van der Waals surface area (Å²) < 4.78 is 30.6. The summed E-state index contributed by atoms with van der Waals surface area (Å²) in [6, 6.07) is 5.05. The number of aryl methyl sites for hydroxylation is 2. The van der Waals surface area contributed by atoms with Crippen LogP contribution < -0.4 is 4.72 Å². The van der Waals surface area contributed by atoms with Crippen molar-refractivity contribution in [3.8, 4) is 0 Å². The number of benzene rings is 1. The molecular weight excluding hydrogens is 356 g/mol. The Bertz CT molecular complexity index is 974. The van der Waals surface area contributed by atoms with Crippen LogP contribution in [0, 0.1) is 6.92 Å². The van der Waals surface area contributed by atoms with Crippen LogP contribution in [-0.4, -0.2) is 29.5 Å². The molecule has 0 aliphatic carbocycles. The van der Waals surface area contributed by atoms with Gasteiger partial charge in [0, 0.05) is 31.4 Å². The van der Waals surface area contributed by atoms with Crippen molar-refractivity contribution in [1.82, 2.24) is 19.3 Å². The van der Waals surface area contributed by atoms with Crippen molar-refractivity contribution < 1.29 is 8.42 Å². The van der Waals surface area contributed by atoms with E-state index in [2.05, 4.69) is 33.1 Å². The van der Waals surface area contributed by atoms with Gasteiger partial charge in [0.05, 0.1) is 20.1 Å². The number of imidazole rings is 1. The molecule has 6 nitrogen and oxygen atoms in total. The van der Waals surface area contributed by atoms with Gasteiger partial charge in [-0.15, -0.1) is 11.3 Å². The molecule has 0 saturated carbocycles. The summed E-state index contributed by atoms with van der Waals surface area (Å²) in [6.45, 7) is 7.23. The minimum atomic E-state index is -3.51. The maximum absolute atomic E-state index is 12.5. The van der Waals surface area contributed by atoms with Gasteiger partial charge in [-0.1, -0.05) is 13.8 Å². The second kappa shape index (κ2) is 7.23. The number of hydrogen-bond donors (Lipinski definition) is 1. The lowest BCUT2D eigenvalue weighted by molar-refractivity contribution is 0.559. The number of hydrogen-bond acceptors (Lipinski definition) is 5. The van der Waals surface area contributed by atoms with Crippen molar-refractivity contribution in [2.75, 3.05) is 6.54 Å². The van der Waals surface area contributed by atoms with Crippen LogP contribution in [-0.2, 0) is 16.6 Å². The maximum atomic E-state index is 12.5. The molecule has 2 heterocycles. The highest BCUT2D eigenvalue weighted by atomic mass is 32.2. The summed E-state index contributed by atoms with van der Waals surface area (Å²) in [4.78, 5) is 8.98. The number of rotatable bonds is 7. The third-order valence-corrected chi connectivity index (χ3v) is 6.30. The van der Waals surface area contributed by atoms with E-state index in [0.717, 1.165) is 27.6 Å². The van der Waals surface area contributed by atoms with Crippen molar-refractivity contribution in [2.45, 2.75) is 44.6 Å². The number of nitrogens with one attached hydrogen (secondary N) is 1. The Balaban J connectivity index is 1.62. The van der Waals surface area contributed by atoms with Gasteiger partial charge in [0.25, 0.3) is 0 Å². The average molecular weight is 379 g/mol. The van der Waals surface area contributed by atoms with Crippen LogP contribution in [0.2, 0.25) is 0 Å². The fraction of sp³-hybridized carbons (Fsp3) is 0.412. The zero-order chi connectivity index (χ0) is 18.0. The van der Waals surface area contributed by atoms with E-state index in [9.17, 15) is 8.42 Å². The molecule has 0 aliphatic heterocycles. The standard InChI is InChI=1S/C17H22N4O2S2/c1-12(2)17-18-8-10-21(17)9-4-7-19-25(22,23)14-5-6-15-16(11-14)24-13(3)20-15/h5-6,8,10-12,19H,4,7,9H2,1-3H3. The van der Waals surface area contributed by atoms with Crippen LogP contribution in [0.1, 0.15) is 37.0 Å². The molecule has 8 heteroatoms. The van der Waals surface area contributed by atoms with Gasteiger partial charge in [0.1, 0.15) is 5.82 Å². The Morgan fingerprint density at radius 3 is 2.88 bits per heavy atom. The number of thiazole rings is 1. The molecule has 2 aromatic heterocycles. The topological polar surface area (TPSA) is 76.9 Å². The van der Waals surface area contributed by atoms with E-state index in [1.165, 1.54) is 11.3 Å². The third kappa shape index (κ3) is 4.08. The number of aromatic nitrogens is 3. The van der Waals surface area contributed by atoms with Gasteiger partial charge in [-0.05, 0) is 31.5 Å². The molecule has 0 spiro atoms. The monoisotopic (exact) mass is 378 g/mol. The lowest BCUT2D eigenvalue weighted by Gasteiger charge is -2.11. The fourth-order valence-electron chi connectivity index (χ4n) is 2.74. The molecule has 3 aromatic rings. The SMILES string of the molecule is Cc1nc2ccc(S(=O)(=O)NCCCn3ccnc3C(C)C)cc2s1. The first-order chi connectivity index (χ1) is 11.9. The number of nitrogens with zero attached hydrogens (tertiary/aromatic N) is 3. The van der Waals surface area contributed by atoms with E-state index in [4.69, 9.17) is 0 Å². The Hall–Kier alpha value is -1.77. The van der Waals surface area contributed by atoms with Crippen LogP contribution >= 0.6 is 11.3 Å². The first kappa shape index (κ1) is 18.0. The summed E-state index contributed by atoms with van der Waals surface area (Å²) >= 11 is 1.50. The normalized spacial score (nSPS) is 12.3. The molecule has 0 saturated heterocycles. The fourth-order valence-corrected chi connectivity index (χ4v) is 4.78. The molecule has 3 rings (SSSR count). The molecular formula is C17H22N4O2S2. The van der Waals surface area contributed by atoms with Gasteiger partial charge < -0.3 is 4.57 Å². The van der Waals surface area contributed by atoms with Gasteiger partial charge in [0.15, 0.2) is 0 Å². The predicted molar refractivity (Wildman–Crippen MR) is 100 cm³/mol. The molecule has 0 amide bonds. The van der Waals surface area contributed by atoms with Crippen molar-refractivity contribution >= 4 is 31.6 Å². The van der Waals surface area contributed by atoms with Gasteiger partial charge in [0.2, 0.25) is 10.0 Å². The number of fused-ring (bicyclic) bond motifs is 1. The lowest BCUT2D eigenvalue weighted by atomic mass is 10.2. The highest BCUT2D eigenvalue weighted by Gasteiger charge is 2.15.